The molecule has 2 aliphatic rings. The normalized spacial score (nSPS) is 23.5. The van der Waals surface area contributed by atoms with Crippen LogP contribution in [0.1, 0.15) is 43.2 Å². The van der Waals surface area contributed by atoms with E-state index in [4.69, 9.17) is 0 Å². The van der Waals surface area contributed by atoms with E-state index in [1.165, 1.54) is 0 Å². The van der Waals surface area contributed by atoms with E-state index in [1.54, 1.807) is 19.1 Å². The predicted octanol–water partition coefficient (Wildman–Crippen LogP) is 2.66. The average Bonchev–Trinajstić information content (AvgIpc) is 2.74. The number of rotatable bonds is 5. The molecule has 12 heteroatoms. The minimum Gasteiger partial charge on any atom is -0.349 e. The first-order valence-electron chi connectivity index (χ1n) is 11.3. The number of alkyl halides is 6. The van der Waals surface area contributed by atoms with Crippen LogP contribution in [-0.2, 0) is 0 Å². The molecular formula is C23H30F6N4OS. The summed E-state index contributed by atoms with van der Waals surface area (Å²) >= 11 is 0.817. The number of aryl methyl sites for hydroxylation is 1. The maximum absolute atomic E-state index is 12.8. The summed E-state index contributed by atoms with van der Waals surface area (Å²) in [6.45, 7) is 6.45. The van der Waals surface area contributed by atoms with Gasteiger partial charge in [0.1, 0.15) is 10.9 Å². The van der Waals surface area contributed by atoms with E-state index in [0.29, 0.717) is 22.6 Å². The number of nitrogens with one attached hydrogen (secondary N) is 3. The fraction of sp³-hybridized carbons (Fsp3) is 0.652. The van der Waals surface area contributed by atoms with Crippen LogP contribution < -0.4 is 26.5 Å². The summed E-state index contributed by atoms with van der Waals surface area (Å²) in [5, 5.41) is 7.94. The quantitative estimate of drug-likeness (QED) is 0.517. The van der Waals surface area contributed by atoms with E-state index in [9.17, 15) is 31.1 Å². The van der Waals surface area contributed by atoms with Gasteiger partial charge in [0.25, 0.3) is 5.91 Å². The molecule has 5 nitrogen and oxygen atoms in total. The van der Waals surface area contributed by atoms with Gasteiger partial charge in [0.2, 0.25) is 0 Å². The van der Waals surface area contributed by atoms with Crippen molar-refractivity contribution in [2.45, 2.75) is 63.8 Å². The highest BCUT2D eigenvalue weighted by Crippen LogP contribution is 2.32. The van der Waals surface area contributed by atoms with Crippen molar-refractivity contribution in [3.05, 3.63) is 27.9 Å². The van der Waals surface area contributed by atoms with Gasteiger partial charge >= 0.3 is 12.4 Å². The second kappa shape index (κ2) is 10.3. The molecular weight excluding hydrogens is 494 g/mol. The molecule has 1 amide bonds. The molecule has 0 aromatic carbocycles. The van der Waals surface area contributed by atoms with Crippen LogP contribution in [0.4, 0.5) is 26.3 Å². The summed E-state index contributed by atoms with van der Waals surface area (Å²) in [5.74, 6) is -0.240. The summed E-state index contributed by atoms with van der Waals surface area (Å²) in [7, 11) is 0. The van der Waals surface area contributed by atoms with E-state index < -0.39 is 41.5 Å². The van der Waals surface area contributed by atoms with Crippen molar-refractivity contribution < 1.29 is 31.1 Å². The van der Waals surface area contributed by atoms with Crippen molar-refractivity contribution in [3.63, 3.8) is 0 Å². The van der Waals surface area contributed by atoms with Gasteiger partial charge in [-0.05, 0) is 36.0 Å². The Morgan fingerprint density at radius 2 is 1.89 bits per heavy atom. The van der Waals surface area contributed by atoms with E-state index in [2.05, 4.69) is 20.9 Å². The Labute approximate surface area is 204 Å². The number of fused-ring (bicyclic) bond motifs is 1. The van der Waals surface area contributed by atoms with Crippen molar-refractivity contribution in [2.24, 2.45) is 5.41 Å². The number of amides is 1. The van der Waals surface area contributed by atoms with Crippen LogP contribution in [0.25, 0.3) is 11.6 Å². The van der Waals surface area contributed by atoms with Crippen molar-refractivity contribution in [1.29, 1.82) is 0 Å². The molecule has 2 unspecified atom stereocenters. The maximum Gasteiger partial charge on any atom is 0.401 e. The highest BCUT2D eigenvalue weighted by atomic mass is 32.2. The lowest BCUT2D eigenvalue weighted by Crippen LogP contribution is -2.51. The third kappa shape index (κ3) is 7.36. The van der Waals surface area contributed by atoms with E-state index >= 15 is 0 Å². The van der Waals surface area contributed by atoms with Crippen LogP contribution in [0.15, 0.2) is 6.07 Å². The lowest BCUT2D eigenvalue weighted by molar-refractivity contribution is -0.128. The summed E-state index contributed by atoms with van der Waals surface area (Å²) in [6, 6.07) is 0.764. The second-order valence-electron chi connectivity index (χ2n) is 9.97. The van der Waals surface area contributed by atoms with Crippen molar-refractivity contribution in [1.82, 2.24) is 20.9 Å². The smallest absolute Gasteiger partial charge is 0.349 e. The Kier molecular flexibility index (Phi) is 8.17. The number of hydrogen-bond acceptors (Lipinski definition) is 5. The van der Waals surface area contributed by atoms with Crippen LogP contribution in [0.5, 0.6) is 0 Å². The molecule has 35 heavy (non-hydrogen) atoms. The fourth-order valence-electron chi connectivity index (χ4n) is 4.13. The lowest BCUT2D eigenvalue weighted by Gasteiger charge is -2.31. The fourth-order valence-corrected chi connectivity index (χ4v) is 5.23. The molecule has 1 aromatic rings. The Morgan fingerprint density at radius 1 is 1.20 bits per heavy atom. The van der Waals surface area contributed by atoms with Gasteiger partial charge in [0, 0.05) is 36.1 Å². The molecule has 0 saturated carbocycles. The first-order chi connectivity index (χ1) is 16.0. The molecule has 0 spiro atoms. The van der Waals surface area contributed by atoms with Crippen LogP contribution in [0, 0.1) is 12.3 Å². The first kappa shape index (κ1) is 27.8. The molecule has 0 radical (unpaired) electrons. The van der Waals surface area contributed by atoms with Gasteiger partial charge < -0.3 is 16.0 Å². The molecule has 0 bridgehead atoms. The van der Waals surface area contributed by atoms with E-state index in [0.717, 1.165) is 17.3 Å². The Balaban J connectivity index is 1.78. The highest BCUT2D eigenvalue weighted by Gasteiger charge is 2.42. The van der Waals surface area contributed by atoms with Gasteiger partial charge in [-0.3, -0.25) is 4.79 Å². The monoisotopic (exact) mass is 524 g/mol. The molecule has 3 N–H and O–H groups in total. The molecule has 1 fully saturated rings. The minimum atomic E-state index is -4.33. The molecule has 1 aliphatic carbocycles. The number of hydrogen-bond donors (Lipinski definition) is 3. The Hall–Kier alpha value is -1.79. The number of carbonyl (C=O) groups is 1. The zero-order valence-corrected chi connectivity index (χ0v) is 20.8. The molecule has 1 aromatic heterocycles. The van der Waals surface area contributed by atoms with Gasteiger partial charge in [0.05, 0.1) is 11.9 Å². The van der Waals surface area contributed by atoms with Gasteiger partial charge in [0.15, 0.2) is 0 Å². The summed E-state index contributed by atoms with van der Waals surface area (Å²) in [5.41, 5.74) is 1.32. The van der Waals surface area contributed by atoms with Crippen LogP contribution in [-0.4, -0.2) is 66.0 Å². The van der Waals surface area contributed by atoms with Gasteiger partial charge in [-0.2, -0.15) is 26.3 Å². The SMILES string of the molecule is Cc1cc(C(=O)NC[C@@H]2CSC(C(F)(F)F)CN2)nc2c1=CC(NCC(F)(F)F)CC=2C(C)(C)C. The van der Waals surface area contributed by atoms with Crippen molar-refractivity contribution in [2.75, 3.05) is 25.4 Å². The number of aromatic nitrogens is 1. The topological polar surface area (TPSA) is 66.0 Å². The molecule has 3 atom stereocenters. The van der Waals surface area contributed by atoms with Gasteiger partial charge in [-0.15, -0.1) is 11.8 Å². The predicted molar refractivity (Wildman–Crippen MR) is 124 cm³/mol. The van der Waals surface area contributed by atoms with E-state index in [-0.39, 0.29) is 30.6 Å². The zero-order valence-electron chi connectivity index (χ0n) is 20.0. The third-order valence-electron chi connectivity index (χ3n) is 6.01. The highest BCUT2D eigenvalue weighted by molar-refractivity contribution is 8.00. The summed E-state index contributed by atoms with van der Waals surface area (Å²) < 4.78 is 76.7. The zero-order chi connectivity index (χ0) is 26.2. The van der Waals surface area contributed by atoms with Crippen LogP contribution in [0.2, 0.25) is 0 Å². The van der Waals surface area contributed by atoms with Crippen LogP contribution >= 0.6 is 11.8 Å². The third-order valence-corrected chi connectivity index (χ3v) is 7.44. The molecule has 2 heterocycles. The number of carbonyl (C=O) groups excluding carboxylic acids is 1. The molecule has 3 rings (SSSR count). The second-order valence-corrected chi connectivity index (χ2v) is 11.2. The molecule has 1 aliphatic heterocycles. The summed E-state index contributed by atoms with van der Waals surface area (Å²) in [6.07, 6.45) is -6.55. The molecule has 196 valence electrons. The minimum absolute atomic E-state index is 0.152. The van der Waals surface area contributed by atoms with E-state index in [1.807, 2.05) is 20.8 Å². The average molecular weight is 525 g/mol. The molecule has 1 saturated heterocycles. The lowest BCUT2D eigenvalue weighted by atomic mass is 9.79. The Morgan fingerprint density at radius 3 is 2.43 bits per heavy atom. The van der Waals surface area contributed by atoms with Crippen molar-refractivity contribution in [3.8, 4) is 0 Å². The Bertz CT molecular complexity index is 1060. The van der Waals surface area contributed by atoms with Crippen molar-refractivity contribution >= 4 is 29.3 Å². The van der Waals surface area contributed by atoms with Crippen LogP contribution in [0.3, 0.4) is 0 Å². The number of nitrogens with zero attached hydrogens (tertiary/aromatic N) is 1. The standard InChI is InChI=1S/C23H30F6N4OS/c1-12-5-17(20(34)31-8-14-10-35-18(9-30-14)23(27,28)29)33-19-15(12)6-13(32-11-22(24,25)26)7-16(19)21(2,3)4/h5-6,13-14,18,30,32H,7-11H2,1-4H3,(H,31,34)/t13?,14-,18?/m1/s1. The maximum atomic E-state index is 12.8. The van der Waals surface area contributed by atoms with Gasteiger partial charge in [-0.25, -0.2) is 4.98 Å². The number of pyridine rings is 1. The number of thioether (sulfide) groups is 1. The van der Waals surface area contributed by atoms with Gasteiger partial charge in [-0.1, -0.05) is 26.8 Å². The number of halogens is 6. The first-order valence-corrected chi connectivity index (χ1v) is 12.3. The largest absolute Gasteiger partial charge is 0.401 e. The summed E-state index contributed by atoms with van der Waals surface area (Å²) in [4.78, 5) is 17.4.